The van der Waals surface area contributed by atoms with Crippen molar-refractivity contribution in [1.29, 1.82) is 0 Å². The zero-order valence-electron chi connectivity index (χ0n) is 14.3. The Hall–Kier alpha value is -2.45. The van der Waals surface area contributed by atoms with E-state index in [9.17, 15) is 14.9 Å². The van der Waals surface area contributed by atoms with Gasteiger partial charge in [0.25, 0.3) is 0 Å². The highest BCUT2D eigenvalue weighted by Crippen LogP contribution is 2.37. The second-order valence-corrected chi connectivity index (χ2v) is 6.92. The Kier molecular flexibility index (Phi) is 5.00. The van der Waals surface area contributed by atoms with E-state index in [1.165, 1.54) is 6.33 Å². The first-order valence-corrected chi connectivity index (χ1v) is 8.69. The SMILES string of the molecule is CC1CCCN(c2ncnc(N3CCC(C(=O)O)CC3)c2[N+](=O)[O-])C1. The van der Waals surface area contributed by atoms with Gasteiger partial charge in [0.1, 0.15) is 6.33 Å². The van der Waals surface area contributed by atoms with E-state index < -0.39 is 10.9 Å². The smallest absolute Gasteiger partial charge is 0.353 e. The largest absolute Gasteiger partial charge is 0.481 e. The number of hydrogen-bond acceptors (Lipinski definition) is 7. The van der Waals surface area contributed by atoms with Crippen molar-refractivity contribution in [3.63, 3.8) is 0 Å². The molecule has 3 heterocycles. The average molecular weight is 349 g/mol. The summed E-state index contributed by atoms with van der Waals surface area (Å²) < 4.78 is 0. The first-order valence-electron chi connectivity index (χ1n) is 8.69. The molecule has 1 aromatic heterocycles. The molecule has 2 fully saturated rings. The van der Waals surface area contributed by atoms with Crippen LogP contribution < -0.4 is 9.80 Å². The molecule has 9 heteroatoms. The third-order valence-corrected chi connectivity index (χ3v) is 5.07. The second-order valence-electron chi connectivity index (χ2n) is 6.92. The van der Waals surface area contributed by atoms with Crippen LogP contribution in [0.4, 0.5) is 17.3 Å². The van der Waals surface area contributed by atoms with Gasteiger partial charge >= 0.3 is 11.7 Å². The molecule has 0 saturated carbocycles. The number of rotatable bonds is 4. The summed E-state index contributed by atoms with van der Waals surface area (Å²) in [5, 5.41) is 20.9. The highest BCUT2D eigenvalue weighted by atomic mass is 16.6. The standard InChI is InChI=1S/C16H23N5O4/c1-11-3-2-6-20(9-11)15-13(21(24)25)14(17-10-18-15)19-7-4-12(5-8-19)16(22)23/h10-12H,2-9H2,1H3,(H,22,23). The number of aliphatic carboxylic acids is 1. The van der Waals surface area contributed by atoms with Crippen LogP contribution in [0.1, 0.15) is 32.6 Å². The van der Waals surface area contributed by atoms with Crippen LogP contribution >= 0.6 is 0 Å². The molecular weight excluding hydrogens is 326 g/mol. The van der Waals surface area contributed by atoms with Gasteiger partial charge < -0.3 is 14.9 Å². The van der Waals surface area contributed by atoms with Gasteiger partial charge in [-0.1, -0.05) is 6.92 Å². The number of carboxylic acid groups (broad SMARTS) is 1. The van der Waals surface area contributed by atoms with Crippen LogP contribution in [0.15, 0.2) is 6.33 Å². The summed E-state index contributed by atoms with van der Waals surface area (Å²) in [6.07, 6.45) is 4.41. The lowest BCUT2D eigenvalue weighted by Crippen LogP contribution is -2.38. The first kappa shape index (κ1) is 17.4. The van der Waals surface area contributed by atoms with Crippen LogP contribution in [0, 0.1) is 22.0 Å². The Bertz CT molecular complexity index is 660. The summed E-state index contributed by atoms with van der Waals surface area (Å²) in [5.41, 5.74) is -0.0645. The lowest BCUT2D eigenvalue weighted by molar-refractivity contribution is -0.383. The molecule has 0 aliphatic carbocycles. The van der Waals surface area contributed by atoms with Crippen LogP contribution in [0.5, 0.6) is 0 Å². The third kappa shape index (κ3) is 3.64. The molecule has 1 unspecified atom stereocenters. The minimum Gasteiger partial charge on any atom is -0.481 e. The lowest BCUT2D eigenvalue weighted by Gasteiger charge is -2.33. The van der Waals surface area contributed by atoms with Gasteiger partial charge in [-0.15, -0.1) is 0 Å². The Morgan fingerprint density at radius 3 is 2.40 bits per heavy atom. The summed E-state index contributed by atoms with van der Waals surface area (Å²) in [6.45, 7) is 4.53. The van der Waals surface area contributed by atoms with Gasteiger partial charge in [-0.2, -0.15) is 0 Å². The lowest BCUT2D eigenvalue weighted by atomic mass is 9.97. The van der Waals surface area contributed by atoms with Crippen molar-refractivity contribution in [3.05, 3.63) is 16.4 Å². The summed E-state index contributed by atoms with van der Waals surface area (Å²) in [4.78, 5) is 34.6. The Labute approximate surface area is 145 Å². The molecule has 136 valence electrons. The van der Waals surface area contributed by atoms with Crippen molar-refractivity contribution in [2.45, 2.75) is 32.6 Å². The molecule has 2 aliphatic heterocycles. The fourth-order valence-electron chi connectivity index (χ4n) is 3.71. The summed E-state index contributed by atoms with van der Waals surface area (Å²) in [6, 6.07) is 0. The summed E-state index contributed by atoms with van der Waals surface area (Å²) in [7, 11) is 0. The maximum Gasteiger partial charge on any atom is 0.353 e. The number of anilines is 2. The van der Waals surface area contributed by atoms with E-state index >= 15 is 0 Å². The van der Waals surface area contributed by atoms with Crippen LogP contribution in [0.2, 0.25) is 0 Å². The zero-order chi connectivity index (χ0) is 18.0. The van der Waals surface area contributed by atoms with Gasteiger partial charge in [0, 0.05) is 26.2 Å². The van der Waals surface area contributed by atoms with Gasteiger partial charge in [0.2, 0.25) is 11.6 Å². The fraction of sp³-hybridized carbons (Fsp3) is 0.688. The molecule has 3 rings (SSSR count). The van der Waals surface area contributed by atoms with Crippen molar-refractivity contribution in [3.8, 4) is 0 Å². The monoisotopic (exact) mass is 349 g/mol. The Balaban J connectivity index is 1.88. The average Bonchev–Trinajstić information content (AvgIpc) is 2.61. The van der Waals surface area contributed by atoms with E-state index in [1.807, 2.05) is 9.80 Å². The minimum absolute atomic E-state index is 0.0645. The molecule has 0 bridgehead atoms. The van der Waals surface area contributed by atoms with Crippen LogP contribution in [0.25, 0.3) is 0 Å². The van der Waals surface area contributed by atoms with E-state index in [2.05, 4.69) is 16.9 Å². The van der Waals surface area contributed by atoms with Gasteiger partial charge in [0.15, 0.2) is 0 Å². The molecule has 0 aromatic carbocycles. The Morgan fingerprint density at radius 1 is 1.20 bits per heavy atom. The van der Waals surface area contributed by atoms with E-state index in [-0.39, 0.29) is 11.6 Å². The molecular formula is C16H23N5O4. The molecule has 2 saturated heterocycles. The van der Waals surface area contributed by atoms with E-state index in [1.54, 1.807) is 0 Å². The predicted octanol–water partition coefficient (Wildman–Crippen LogP) is 1.92. The molecule has 0 amide bonds. The second kappa shape index (κ2) is 7.20. The number of aromatic nitrogens is 2. The maximum absolute atomic E-state index is 11.8. The first-order chi connectivity index (χ1) is 12.0. The number of carbonyl (C=O) groups is 1. The number of piperidine rings is 2. The third-order valence-electron chi connectivity index (χ3n) is 5.07. The highest BCUT2D eigenvalue weighted by Gasteiger charge is 2.34. The highest BCUT2D eigenvalue weighted by molar-refractivity contribution is 5.73. The van der Waals surface area contributed by atoms with Crippen LogP contribution in [-0.4, -0.2) is 52.1 Å². The molecule has 1 N–H and O–H groups in total. The topological polar surface area (TPSA) is 113 Å². The number of nitro groups is 1. The molecule has 25 heavy (non-hydrogen) atoms. The van der Waals surface area contributed by atoms with Crippen LogP contribution in [-0.2, 0) is 4.79 Å². The number of nitrogens with zero attached hydrogens (tertiary/aromatic N) is 5. The minimum atomic E-state index is -0.806. The maximum atomic E-state index is 11.8. The Morgan fingerprint density at radius 2 is 1.84 bits per heavy atom. The summed E-state index contributed by atoms with van der Waals surface area (Å²) in [5.74, 6) is -0.0450. The van der Waals surface area contributed by atoms with Crippen molar-refractivity contribution in [1.82, 2.24) is 9.97 Å². The quantitative estimate of drug-likeness (QED) is 0.648. The molecule has 1 atom stereocenters. The molecule has 1 aromatic rings. The fourth-order valence-corrected chi connectivity index (χ4v) is 3.71. The van der Waals surface area contributed by atoms with Gasteiger partial charge in [-0.05, 0) is 31.6 Å². The van der Waals surface area contributed by atoms with Crippen molar-refractivity contribution >= 4 is 23.3 Å². The van der Waals surface area contributed by atoms with E-state index in [0.717, 1.165) is 25.9 Å². The van der Waals surface area contributed by atoms with Crippen molar-refractivity contribution in [2.75, 3.05) is 36.0 Å². The summed E-state index contributed by atoms with van der Waals surface area (Å²) >= 11 is 0. The van der Waals surface area contributed by atoms with Gasteiger partial charge in [-0.25, -0.2) is 9.97 Å². The van der Waals surface area contributed by atoms with Crippen molar-refractivity contribution < 1.29 is 14.8 Å². The number of hydrogen-bond donors (Lipinski definition) is 1. The predicted molar refractivity (Wildman–Crippen MR) is 91.9 cm³/mol. The van der Waals surface area contributed by atoms with E-state index in [0.29, 0.717) is 43.5 Å². The normalized spacial score (nSPS) is 22.0. The van der Waals surface area contributed by atoms with Crippen molar-refractivity contribution in [2.24, 2.45) is 11.8 Å². The van der Waals surface area contributed by atoms with E-state index in [4.69, 9.17) is 5.11 Å². The van der Waals surface area contributed by atoms with Crippen LogP contribution in [0.3, 0.4) is 0 Å². The molecule has 0 spiro atoms. The zero-order valence-corrected chi connectivity index (χ0v) is 14.3. The van der Waals surface area contributed by atoms with Gasteiger partial charge in [-0.3, -0.25) is 14.9 Å². The van der Waals surface area contributed by atoms with Gasteiger partial charge in [0.05, 0.1) is 10.8 Å². The molecule has 2 aliphatic rings. The molecule has 9 nitrogen and oxygen atoms in total. The molecule has 0 radical (unpaired) electrons. The number of carboxylic acids is 1.